The maximum absolute atomic E-state index is 12.0. The van der Waals surface area contributed by atoms with E-state index in [4.69, 9.17) is 9.47 Å². The van der Waals surface area contributed by atoms with Crippen LogP contribution in [0.2, 0.25) is 0 Å². The average Bonchev–Trinajstić information content (AvgIpc) is 2.95. The number of hydrogen-bond donors (Lipinski definition) is 0. The first kappa shape index (κ1) is 21.3. The number of amides is 1. The maximum Gasteiger partial charge on any atom is 0.409 e. The van der Waals surface area contributed by atoms with Crippen LogP contribution in [0.25, 0.3) is 0 Å². The molecule has 2 fully saturated rings. The summed E-state index contributed by atoms with van der Waals surface area (Å²) in [6, 6.07) is 0.585. The quantitative estimate of drug-likeness (QED) is 0.668. The largest absolute Gasteiger partial charge is 0.450 e. The molecule has 0 spiro atoms. The van der Waals surface area contributed by atoms with Gasteiger partial charge in [0.25, 0.3) is 0 Å². The molecule has 3 aliphatic rings. The predicted molar refractivity (Wildman–Crippen MR) is 112 cm³/mol. The Morgan fingerprint density at radius 2 is 1.96 bits per heavy atom. The normalized spacial score (nSPS) is 27.6. The van der Waals surface area contributed by atoms with Crippen LogP contribution in [0, 0.1) is 5.92 Å². The van der Waals surface area contributed by atoms with Gasteiger partial charge in [-0.1, -0.05) is 6.08 Å². The third-order valence-electron chi connectivity index (χ3n) is 6.13. The van der Waals surface area contributed by atoms with Gasteiger partial charge in [0.1, 0.15) is 0 Å². The highest BCUT2D eigenvalue weighted by Gasteiger charge is 2.32. The van der Waals surface area contributed by atoms with Crippen molar-refractivity contribution in [1.82, 2.24) is 9.80 Å². The second-order valence-corrected chi connectivity index (χ2v) is 8.39. The van der Waals surface area contributed by atoms with E-state index in [2.05, 4.69) is 29.8 Å². The number of allylic oxidation sites excluding steroid dienone is 1. The van der Waals surface area contributed by atoms with E-state index in [1.165, 1.54) is 24.8 Å². The van der Waals surface area contributed by atoms with E-state index in [-0.39, 0.29) is 18.4 Å². The number of likely N-dealkylation sites (tertiary alicyclic amines) is 2. The molecule has 0 bridgehead atoms. The van der Waals surface area contributed by atoms with E-state index < -0.39 is 0 Å². The molecular weight excluding hydrogens is 354 g/mol. The summed E-state index contributed by atoms with van der Waals surface area (Å²) in [5, 5.41) is 0. The Kier molecular flexibility index (Phi) is 7.91. The third kappa shape index (κ3) is 5.57. The number of piperidine rings is 1. The lowest BCUT2D eigenvalue weighted by atomic mass is 9.86. The van der Waals surface area contributed by atoms with E-state index >= 15 is 0 Å². The fourth-order valence-corrected chi connectivity index (χ4v) is 4.71. The first-order valence-electron chi connectivity index (χ1n) is 11.1. The molecule has 0 N–H and O–H groups in total. The van der Waals surface area contributed by atoms with Crippen molar-refractivity contribution in [1.29, 1.82) is 0 Å². The van der Waals surface area contributed by atoms with Gasteiger partial charge >= 0.3 is 6.09 Å². The summed E-state index contributed by atoms with van der Waals surface area (Å²) in [5.74, 6) is 0.583. The van der Waals surface area contributed by atoms with Gasteiger partial charge in [-0.15, -0.1) is 0 Å². The van der Waals surface area contributed by atoms with Gasteiger partial charge in [0.05, 0.1) is 12.7 Å². The van der Waals surface area contributed by atoms with Gasteiger partial charge in [0.2, 0.25) is 0 Å². The standard InChI is InChI=1S/C22H37N3O3/c1-4-27-22(26)25-13-6-7-19(11-16-25)24-14-9-18(10-15-24)20-8-5-12-23-21(20)28-17(2)3/h8,12,17-19,21H,4-7,9-11,13-16H2,1-3H3. The highest BCUT2D eigenvalue weighted by molar-refractivity contribution is 5.67. The molecule has 6 nitrogen and oxygen atoms in total. The Labute approximate surface area is 169 Å². The smallest absolute Gasteiger partial charge is 0.409 e. The van der Waals surface area contributed by atoms with Crippen molar-refractivity contribution in [3.05, 3.63) is 11.6 Å². The SMILES string of the molecule is CCOC(=O)N1CCCC(N2CCC(C3=CCC=NC3OC(C)C)CC2)CC1. The Morgan fingerprint density at radius 1 is 1.18 bits per heavy atom. The second kappa shape index (κ2) is 10.4. The van der Waals surface area contributed by atoms with Crippen LogP contribution in [0.5, 0.6) is 0 Å². The molecule has 0 aromatic carbocycles. The van der Waals surface area contributed by atoms with Crippen LogP contribution in [0.15, 0.2) is 16.6 Å². The van der Waals surface area contributed by atoms with Crippen LogP contribution in [0.3, 0.4) is 0 Å². The number of nitrogens with zero attached hydrogens (tertiary/aromatic N) is 3. The van der Waals surface area contributed by atoms with Gasteiger partial charge in [0.15, 0.2) is 6.23 Å². The molecular formula is C22H37N3O3. The van der Waals surface area contributed by atoms with Crippen LogP contribution in [0.4, 0.5) is 4.79 Å². The molecule has 0 aromatic heterocycles. The summed E-state index contributed by atoms with van der Waals surface area (Å²) in [5.41, 5.74) is 1.39. The molecule has 2 saturated heterocycles. The molecule has 3 aliphatic heterocycles. The fraction of sp³-hybridized carbons (Fsp3) is 0.818. The van der Waals surface area contributed by atoms with Crippen molar-refractivity contribution < 1.29 is 14.3 Å². The predicted octanol–water partition coefficient (Wildman–Crippen LogP) is 3.86. The summed E-state index contributed by atoms with van der Waals surface area (Å²) in [6.07, 6.45) is 10.8. The van der Waals surface area contributed by atoms with Gasteiger partial charge in [-0.05, 0) is 77.5 Å². The third-order valence-corrected chi connectivity index (χ3v) is 6.13. The maximum atomic E-state index is 12.0. The molecule has 6 heteroatoms. The molecule has 0 radical (unpaired) electrons. The topological polar surface area (TPSA) is 54.4 Å². The van der Waals surface area contributed by atoms with E-state index in [0.717, 1.165) is 45.4 Å². The molecule has 2 atom stereocenters. The number of carbonyl (C=O) groups excluding carboxylic acids is 1. The van der Waals surface area contributed by atoms with Crippen molar-refractivity contribution in [3.8, 4) is 0 Å². The Bertz CT molecular complexity index is 567. The Morgan fingerprint density at radius 3 is 2.68 bits per heavy atom. The van der Waals surface area contributed by atoms with E-state index in [0.29, 0.717) is 18.6 Å². The van der Waals surface area contributed by atoms with Crippen molar-refractivity contribution in [3.63, 3.8) is 0 Å². The zero-order valence-corrected chi connectivity index (χ0v) is 17.8. The number of carbonyl (C=O) groups is 1. The highest BCUT2D eigenvalue weighted by Crippen LogP contribution is 2.32. The first-order valence-corrected chi connectivity index (χ1v) is 11.1. The zero-order chi connectivity index (χ0) is 19.9. The molecule has 3 rings (SSSR count). The van der Waals surface area contributed by atoms with Gasteiger partial charge in [-0.2, -0.15) is 0 Å². The van der Waals surface area contributed by atoms with Crippen LogP contribution in [-0.2, 0) is 9.47 Å². The Hall–Kier alpha value is -1.40. The molecule has 0 aliphatic carbocycles. The summed E-state index contributed by atoms with van der Waals surface area (Å²) >= 11 is 0. The minimum atomic E-state index is -0.150. The minimum Gasteiger partial charge on any atom is -0.450 e. The molecule has 1 amide bonds. The monoisotopic (exact) mass is 391 g/mol. The lowest BCUT2D eigenvalue weighted by molar-refractivity contribution is 0.0232. The van der Waals surface area contributed by atoms with E-state index in [1.807, 2.05) is 18.0 Å². The number of hydrogen-bond acceptors (Lipinski definition) is 5. The van der Waals surface area contributed by atoms with E-state index in [9.17, 15) is 4.79 Å². The Balaban J connectivity index is 1.50. The average molecular weight is 392 g/mol. The van der Waals surface area contributed by atoms with Crippen molar-refractivity contribution >= 4 is 12.3 Å². The van der Waals surface area contributed by atoms with Crippen LogP contribution < -0.4 is 0 Å². The zero-order valence-electron chi connectivity index (χ0n) is 17.8. The number of dihydropyridines is 1. The molecule has 2 unspecified atom stereocenters. The molecule has 0 saturated carbocycles. The molecule has 0 aromatic rings. The van der Waals surface area contributed by atoms with Gasteiger partial charge < -0.3 is 19.3 Å². The molecule has 3 heterocycles. The number of rotatable bonds is 5. The summed E-state index contributed by atoms with van der Waals surface area (Å²) in [6.45, 7) is 10.4. The lowest BCUT2D eigenvalue weighted by Gasteiger charge is -2.39. The van der Waals surface area contributed by atoms with Crippen LogP contribution in [0.1, 0.15) is 59.3 Å². The van der Waals surface area contributed by atoms with Crippen LogP contribution in [-0.4, -0.2) is 73.3 Å². The molecule has 28 heavy (non-hydrogen) atoms. The van der Waals surface area contributed by atoms with Crippen molar-refractivity contribution in [2.75, 3.05) is 32.8 Å². The van der Waals surface area contributed by atoms with E-state index in [1.54, 1.807) is 0 Å². The second-order valence-electron chi connectivity index (χ2n) is 8.39. The van der Waals surface area contributed by atoms with Crippen molar-refractivity contribution in [2.24, 2.45) is 10.9 Å². The number of aliphatic imine (C=N–C) groups is 1. The lowest BCUT2D eigenvalue weighted by Crippen LogP contribution is -2.43. The summed E-state index contributed by atoms with van der Waals surface area (Å²) < 4.78 is 11.2. The van der Waals surface area contributed by atoms with Gasteiger partial charge in [-0.3, -0.25) is 4.99 Å². The first-order chi connectivity index (χ1) is 13.6. The highest BCUT2D eigenvalue weighted by atomic mass is 16.6. The fourth-order valence-electron chi connectivity index (χ4n) is 4.71. The van der Waals surface area contributed by atoms with Crippen molar-refractivity contribution in [2.45, 2.75) is 77.7 Å². The van der Waals surface area contributed by atoms with Gasteiger partial charge in [0, 0.05) is 31.8 Å². The summed E-state index contributed by atoms with van der Waals surface area (Å²) in [4.78, 5) is 21.2. The van der Waals surface area contributed by atoms with Gasteiger partial charge in [-0.25, -0.2) is 4.79 Å². The number of ether oxygens (including phenoxy) is 2. The molecule has 158 valence electrons. The summed E-state index contributed by atoms with van der Waals surface area (Å²) in [7, 11) is 0. The minimum absolute atomic E-state index is 0.0821. The van der Waals surface area contributed by atoms with Crippen LogP contribution >= 0.6 is 0 Å².